The summed E-state index contributed by atoms with van der Waals surface area (Å²) < 4.78 is 13.0. The van der Waals surface area contributed by atoms with Crippen LogP contribution in [0.25, 0.3) is 0 Å². The first-order chi connectivity index (χ1) is 5.75. The highest BCUT2D eigenvalue weighted by Gasteiger charge is 2.04. The highest BCUT2D eigenvalue weighted by atomic mass is 19.1. The predicted molar refractivity (Wildman–Crippen MR) is 45.3 cm³/mol. The standard InChI is InChI=1S/C9H9FN2/c1-12(7-6-11)9-5-3-2-4-8(9)10/h2-5H,7H2,1H3. The molecule has 0 bridgehead atoms. The lowest BCUT2D eigenvalue weighted by molar-refractivity contribution is 0.625. The molecule has 0 aliphatic heterocycles. The van der Waals surface area contributed by atoms with Gasteiger partial charge in [-0.3, -0.25) is 0 Å². The van der Waals surface area contributed by atoms with Crippen LogP contribution in [0.4, 0.5) is 10.1 Å². The van der Waals surface area contributed by atoms with Crippen molar-refractivity contribution in [2.75, 3.05) is 18.5 Å². The SMILES string of the molecule is CN(CC#N)c1ccccc1F. The zero-order valence-electron chi connectivity index (χ0n) is 6.79. The number of para-hydroxylation sites is 1. The van der Waals surface area contributed by atoms with E-state index in [-0.39, 0.29) is 12.4 Å². The summed E-state index contributed by atoms with van der Waals surface area (Å²) in [7, 11) is 1.68. The molecule has 1 rings (SSSR count). The first kappa shape index (κ1) is 8.54. The summed E-state index contributed by atoms with van der Waals surface area (Å²) in [6, 6.07) is 8.34. The number of nitrogens with zero attached hydrogens (tertiary/aromatic N) is 2. The molecule has 0 amide bonds. The zero-order chi connectivity index (χ0) is 8.97. The van der Waals surface area contributed by atoms with Crippen molar-refractivity contribution < 1.29 is 4.39 Å². The van der Waals surface area contributed by atoms with E-state index in [1.165, 1.54) is 6.07 Å². The molecule has 0 saturated heterocycles. The minimum absolute atomic E-state index is 0.195. The number of nitriles is 1. The third-order valence-corrected chi connectivity index (χ3v) is 1.57. The Morgan fingerprint density at radius 1 is 1.50 bits per heavy atom. The van der Waals surface area contributed by atoms with Crippen LogP contribution in [0.5, 0.6) is 0 Å². The van der Waals surface area contributed by atoms with Crippen molar-refractivity contribution in [1.82, 2.24) is 0 Å². The van der Waals surface area contributed by atoms with E-state index in [9.17, 15) is 4.39 Å². The summed E-state index contributed by atoms with van der Waals surface area (Å²) in [5.41, 5.74) is 0.457. The van der Waals surface area contributed by atoms with Crippen LogP contribution in [0.1, 0.15) is 0 Å². The number of rotatable bonds is 2. The summed E-state index contributed by atoms with van der Waals surface area (Å²) in [5.74, 6) is -0.296. The number of hydrogen-bond donors (Lipinski definition) is 0. The van der Waals surface area contributed by atoms with Gasteiger partial charge in [0.2, 0.25) is 0 Å². The third-order valence-electron chi connectivity index (χ3n) is 1.57. The van der Waals surface area contributed by atoms with E-state index in [0.717, 1.165) is 0 Å². The first-order valence-electron chi connectivity index (χ1n) is 3.58. The lowest BCUT2D eigenvalue weighted by Crippen LogP contribution is -2.18. The van der Waals surface area contributed by atoms with Crippen molar-refractivity contribution in [3.8, 4) is 6.07 Å². The van der Waals surface area contributed by atoms with Crippen LogP contribution in [0, 0.1) is 17.1 Å². The molecule has 0 unspecified atom stereocenters. The topological polar surface area (TPSA) is 27.0 Å². The van der Waals surface area contributed by atoms with Gasteiger partial charge in [-0.15, -0.1) is 0 Å². The monoisotopic (exact) mass is 164 g/mol. The Bertz CT molecular complexity index is 304. The molecule has 1 aromatic rings. The second-order valence-corrected chi connectivity index (χ2v) is 2.47. The lowest BCUT2D eigenvalue weighted by Gasteiger charge is -2.15. The Balaban J connectivity index is 2.88. The fourth-order valence-corrected chi connectivity index (χ4v) is 0.953. The van der Waals surface area contributed by atoms with Gasteiger partial charge in [-0.1, -0.05) is 12.1 Å². The molecule has 1 aromatic carbocycles. The fourth-order valence-electron chi connectivity index (χ4n) is 0.953. The smallest absolute Gasteiger partial charge is 0.146 e. The summed E-state index contributed by atoms with van der Waals surface area (Å²) >= 11 is 0. The average molecular weight is 164 g/mol. The predicted octanol–water partition coefficient (Wildman–Crippen LogP) is 1.79. The average Bonchev–Trinajstić information content (AvgIpc) is 2.05. The number of benzene rings is 1. The second kappa shape index (κ2) is 3.72. The van der Waals surface area contributed by atoms with Gasteiger partial charge >= 0.3 is 0 Å². The van der Waals surface area contributed by atoms with Crippen molar-refractivity contribution in [3.63, 3.8) is 0 Å². The van der Waals surface area contributed by atoms with E-state index in [4.69, 9.17) is 5.26 Å². The molecule has 0 fully saturated rings. The lowest BCUT2D eigenvalue weighted by atomic mass is 10.3. The van der Waals surface area contributed by atoms with Crippen molar-refractivity contribution in [3.05, 3.63) is 30.1 Å². The van der Waals surface area contributed by atoms with Crippen molar-refractivity contribution in [1.29, 1.82) is 5.26 Å². The van der Waals surface area contributed by atoms with Crippen molar-refractivity contribution >= 4 is 5.69 Å². The van der Waals surface area contributed by atoms with Crippen LogP contribution in [-0.4, -0.2) is 13.6 Å². The molecule has 3 heteroatoms. The van der Waals surface area contributed by atoms with Crippen LogP contribution in [-0.2, 0) is 0 Å². The van der Waals surface area contributed by atoms with Gasteiger partial charge in [0.1, 0.15) is 12.4 Å². The van der Waals surface area contributed by atoms with E-state index < -0.39 is 0 Å². The summed E-state index contributed by atoms with van der Waals surface area (Å²) in [6.07, 6.45) is 0. The molecule has 0 aliphatic rings. The van der Waals surface area contributed by atoms with Crippen LogP contribution < -0.4 is 4.90 Å². The molecule has 0 saturated carbocycles. The van der Waals surface area contributed by atoms with Crippen LogP contribution >= 0.6 is 0 Å². The maximum atomic E-state index is 13.0. The molecule has 0 aliphatic carbocycles. The van der Waals surface area contributed by atoms with E-state index >= 15 is 0 Å². The van der Waals surface area contributed by atoms with E-state index in [0.29, 0.717) is 5.69 Å². The number of halogens is 1. The molecule has 0 aromatic heterocycles. The Morgan fingerprint density at radius 3 is 2.75 bits per heavy atom. The van der Waals surface area contributed by atoms with Crippen LogP contribution in [0.3, 0.4) is 0 Å². The maximum absolute atomic E-state index is 13.0. The molecule has 12 heavy (non-hydrogen) atoms. The molecule has 0 N–H and O–H groups in total. The van der Waals surface area contributed by atoms with Crippen molar-refractivity contribution in [2.24, 2.45) is 0 Å². The van der Waals surface area contributed by atoms with Gasteiger partial charge in [-0.25, -0.2) is 4.39 Å². The van der Waals surface area contributed by atoms with Gasteiger partial charge in [0.05, 0.1) is 11.8 Å². The second-order valence-electron chi connectivity index (χ2n) is 2.47. The van der Waals surface area contributed by atoms with Crippen LogP contribution in [0.2, 0.25) is 0 Å². The highest BCUT2D eigenvalue weighted by molar-refractivity contribution is 5.47. The minimum atomic E-state index is -0.296. The molecule has 2 nitrogen and oxygen atoms in total. The van der Waals surface area contributed by atoms with Gasteiger partial charge in [-0.05, 0) is 12.1 Å². The Kier molecular flexibility index (Phi) is 2.65. The maximum Gasteiger partial charge on any atom is 0.146 e. The van der Waals surface area contributed by atoms with E-state index in [1.807, 2.05) is 6.07 Å². The molecule has 0 radical (unpaired) electrons. The fraction of sp³-hybridized carbons (Fsp3) is 0.222. The van der Waals surface area contributed by atoms with Gasteiger partial charge < -0.3 is 4.90 Å². The number of anilines is 1. The molecule has 0 heterocycles. The summed E-state index contributed by atoms with van der Waals surface area (Å²) in [5, 5.41) is 8.37. The van der Waals surface area contributed by atoms with E-state index in [1.54, 1.807) is 30.1 Å². The highest BCUT2D eigenvalue weighted by Crippen LogP contribution is 2.15. The van der Waals surface area contributed by atoms with Gasteiger partial charge in [-0.2, -0.15) is 5.26 Å². The molecule has 0 spiro atoms. The molecular weight excluding hydrogens is 155 g/mol. The first-order valence-corrected chi connectivity index (χ1v) is 3.58. The Morgan fingerprint density at radius 2 is 2.17 bits per heavy atom. The largest absolute Gasteiger partial charge is 0.359 e. The Labute approximate surface area is 70.8 Å². The third kappa shape index (κ3) is 1.73. The van der Waals surface area contributed by atoms with Gasteiger partial charge in [0.15, 0.2) is 0 Å². The van der Waals surface area contributed by atoms with Crippen LogP contribution in [0.15, 0.2) is 24.3 Å². The zero-order valence-corrected chi connectivity index (χ0v) is 6.79. The van der Waals surface area contributed by atoms with Gasteiger partial charge in [0.25, 0.3) is 0 Å². The normalized spacial score (nSPS) is 9.08. The minimum Gasteiger partial charge on any atom is -0.359 e. The Hall–Kier alpha value is -1.56. The molecule has 62 valence electrons. The van der Waals surface area contributed by atoms with Crippen molar-refractivity contribution in [2.45, 2.75) is 0 Å². The molecular formula is C9H9FN2. The molecule has 0 atom stereocenters. The quantitative estimate of drug-likeness (QED) is 0.623. The van der Waals surface area contributed by atoms with E-state index in [2.05, 4.69) is 0 Å². The number of hydrogen-bond acceptors (Lipinski definition) is 2. The summed E-state index contributed by atoms with van der Waals surface area (Å²) in [6.45, 7) is 0.195. The van der Waals surface area contributed by atoms with Gasteiger partial charge in [0, 0.05) is 7.05 Å². The summed E-state index contributed by atoms with van der Waals surface area (Å²) in [4.78, 5) is 1.56.